The molecule has 4 rings (SSSR count). The summed E-state index contributed by atoms with van der Waals surface area (Å²) in [5.74, 6) is -0.977. The number of aliphatic hydroxyl groups is 1. The van der Waals surface area contributed by atoms with Gasteiger partial charge in [-0.25, -0.2) is 4.39 Å². The van der Waals surface area contributed by atoms with Crippen LogP contribution in [0.1, 0.15) is 33.9 Å². The maximum Gasteiger partial charge on any atom is 0.290 e. The van der Waals surface area contributed by atoms with Crippen LogP contribution >= 0.6 is 0 Å². The number of amides is 1. The highest BCUT2D eigenvalue weighted by Gasteiger charge is 2.40. The molecule has 146 valence electrons. The molecule has 0 spiro atoms. The Morgan fingerprint density at radius 2 is 1.41 bits per heavy atom. The van der Waals surface area contributed by atoms with Crippen LogP contribution in [0.15, 0.2) is 78.6 Å². The van der Waals surface area contributed by atoms with Crippen LogP contribution in [0.3, 0.4) is 0 Å². The molecule has 1 atom stereocenters. The van der Waals surface area contributed by atoms with Crippen LogP contribution in [-0.4, -0.2) is 15.9 Å². The van der Waals surface area contributed by atoms with E-state index in [1.807, 2.05) is 62.4 Å². The Morgan fingerprint density at radius 1 is 0.862 bits per heavy atom. The zero-order valence-corrected chi connectivity index (χ0v) is 16.4. The van der Waals surface area contributed by atoms with Crippen LogP contribution in [0.2, 0.25) is 0 Å². The summed E-state index contributed by atoms with van der Waals surface area (Å²) in [7, 11) is 0. The number of hydrogen-bond donors (Lipinski definition) is 1. The van der Waals surface area contributed by atoms with Crippen molar-refractivity contribution < 1.29 is 14.3 Å². The van der Waals surface area contributed by atoms with Crippen LogP contribution in [-0.2, 0) is 11.3 Å². The fraction of sp³-hybridized carbons (Fsp3) is 0.160. The molecule has 1 N–H and O–H groups in total. The molecule has 0 saturated carbocycles. The first kappa shape index (κ1) is 18.9. The minimum absolute atomic E-state index is 0.235. The summed E-state index contributed by atoms with van der Waals surface area (Å²) < 4.78 is 13.3. The van der Waals surface area contributed by atoms with E-state index in [0.717, 1.165) is 27.8 Å². The second-order valence-corrected chi connectivity index (χ2v) is 7.50. The van der Waals surface area contributed by atoms with Gasteiger partial charge >= 0.3 is 0 Å². The molecule has 4 heteroatoms. The largest absolute Gasteiger partial charge is 0.503 e. The van der Waals surface area contributed by atoms with Gasteiger partial charge in [0.2, 0.25) is 0 Å². The van der Waals surface area contributed by atoms with Gasteiger partial charge in [-0.3, -0.25) is 4.79 Å². The van der Waals surface area contributed by atoms with E-state index in [1.165, 1.54) is 12.1 Å². The number of rotatable bonds is 4. The molecule has 0 aliphatic carbocycles. The van der Waals surface area contributed by atoms with Crippen molar-refractivity contribution in [1.29, 1.82) is 0 Å². The number of aliphatic hydroxyl groups excluding tert-OH is 1. The van der Waals surface area contributed by atoms with Gasteiger partial charge in [-0.2, -0.15) is 0 Å². The van der Waals surface area contributed by atoms with Gasteiger partial charge in [0, 0.05) is 12.1 Å². The van der Waals surface area contributed by atoms with Gasteiger partial charge in [0.1, 0.15) is 5.82 Å². The van der Waals surface area contributed by atoms with E-state index < -0.39 is 11.9 Å². The van der Waals surface area contributed by atoms with Crippen molar-refractivity contribution in [3.63, 3.8) is 0 Å². The Hall–Kier alpha value is -3.40. The fourth-order valence-corrected chi connectivity index (χ4v) is 3.73. The van der Waals surface area contributed by atoms with E-state index >= 15 is 0 Å². The standard InChI is InChI=1S/C25H22FNO2/c1-16-3-9-19(10-4-16)22-23(20-11-5-17(2)6-12-20)27(25(29)24(22)28)15-18-7-13-21(26)14-8-18/h3-14,23,28H,15H2,1-2H3. The molecule has 0 aromatic heterocycles. The first-order chi connectivity index (χ1) is 13.9. The zero-order chi connectivity index (χ0) is 20.5. The molecule has 0 bridgehead atoms. The summed E-state index contributed by atoms with van der Waals surface area (Å²) >= 11 is 0. The van der Waals surface area contributed by atoms with E-state index in [4.69, 9.17) is 0 Å². The number of halogens is 1. The van der Waals surface area contributed by atoms with Crippen molar-refractivity contribution in [3.05, 3.63) is 112 Å². The van der Waals surface area contributed by atoms with E-state index in [0.29, 0.717) is 5.57 Å². The summed E-state index contributed by atoms with van der Waals surface area (Å²) in [5, 5.41) is 10.8. The highest BCUT2D eigenvalue weighted by Crippen LogP contribution is 2.43. The average Bonchev–Trinajstić information content (AvgIpc) is 2.96. The van der Waals surface area contributed by atoms with E-state index in [-0.39, 0.29) is 18.1 Å². The summed E-state index contributed by atoms with van der Waals surface area (Å²) in [4.78, 5) is 14.7. The number of aryl methyl sites for hydroxylation is 2. The number of carbonyl (C=O) groups excluding carboxylic acids is 1. The van der Waals surface area contributed by atoms with Crippen LogP contribution in [0, 0.1) is 19.7 Å². The van der Waals surface area contributed by atoms with Crippen molar-refractivity contribution in [3.8, 4) is 0 Å². The Balaban J connectivity index is 1.80. The molecule has 3 aromatic carbocycles. The monoisotopic (exact) mass is 387 g/mol. The normalized spacial score (nSPS) is 16.6. The molecule has 29 heavy (non-hydrogen) atoms. The topological polar surface area (TPSA) is 40.5 Å². The van der Waals surface area contributed by atoms with Crippen LogP contribution < -0.4 is 0 Å². The molecule has 3 aromatic rings. The highest BCUT2D eigenvalue weighted by molar-refractivity contribution is 6.05. The number of hydrogen-bond acceptors (Lipinski definition) is 2. The van der Waals surface area contributed by atoms with Crippen molar-refractivity contribution in [2.75, 3.05) is 0 Å². The number of benzene rings is 3. The summed E-state index contributed by atoms with van der Waals surface area (Å²) in [6.45, 7) is 4.28. The maximum absolute atomic E-state index is 13.3. The van der Waals surface area contributed by atoms with Gasteiger partial charge in [-0.1, -0.05) is 71.8 Å². The van der Waals surface area contributed by atoms with Gasteiger partial charge < -0.3 is 10.0 Å². The van der Waals surface area contributed by atoms with Crippen LogP contribution in [0.25, 0.3) is 5.57 Å². The molecule has 1 heterocycles. The van der Waals surface area contributed by atoms with Gasteiger partial charge in [0.15, 0.2) is 5.76 Å². The predicted octanol–water partition coefficient (Wildman–Crippen LogP) is 5.50. The predicted molar refractivity (Wildman–Crippen MR) is 112 cm³/mol. The van der Waals surface area contributed by atoms with Crippen molar-refractivity contribution in [2.24, 2.45) is 0 Å². The third-order valence-corrected chi connectivity index (χ3v) is 5.33. The molecule has 3 nitrogen and oxygen atoms in total. The van der Waals surface area contributed by atoms with Gasteiger partial charge in [-0.05, 0) is 42.7 Å². The first-order valence-corrected chi connectivity index (χ1v) is 9.56. The minimum Gasteiger partial charge on any atom is -0.503 e. The van der Waals surface area contributed by atoms with Gasteiger partial charge in [-0.15, -0.1) is 0 Å². The van der Waals surface area contributed by atoms with Crippen molar-refractivity contribution in [2.45, 2.75) is 26.4 Å². The first-order valence-electron chi connectivity index (χ1n) is 9.56. The smallest absolute Gasteiger partial charge is 0.290 e. The molecule has 0 saturated heterocycles. The van der Waals surface area contributed by atoms with Crippen molar-refractivity contribution in [1.82, 2.24) is 4.90 Å². The molecule has 0 fully saturated rings. The fourth-order valence-electron chi connectivity index (χ4n) is 3.73. The average molecular weight is 387 g/mol. The zero-order valence-electron chi connectivity index (χ0n) is 16.4. The second kappa shape index (κ2) is 7.55. The lowest BCUT2D eigenvalue weighted by molar-refractivity contribution is -0.130. The lowest BCUT2D eigenvalue weighted by Gasteiger charge is -2.27. The lowest BCUT2D eigenvalue weighted by Crippen LogP contribution is -2.29. The number of nitrogens with zero attached hydrogens (tertiary/aromatic N) is 1. The molecule has 1 aliphatic rings. The Morgan fingerprint density at radius 3 is 2.00 bits per heavy atom. The molecule has 0 radical (unpaired) electrons. The summed E-state index contributed by atoms with van der Waals surface area (Å²) in [5.41, 5.74) is 5.36. The maximum atomic E-state index is 13.3. The molecule has 1 amide bonds. The van der Waals surface area contributed by atoms with Crippen molar-refractivity contribution >= 4 is 11.5 Å². The Kier molecular flexibility index (Phi) is 4.93. The third kappa shape index (κ3) is 3.66. The third-order valence-electron chi connectivity index (χ3n) is 5.33. The summed E-state index contributed by atoms with van der Waals surface area (Å²) in [6.07, 6.45) is 0. The van der Waals surface area contributed by atoms with E-state index in [1.54, 1.807) is 17.0 Å². The SMILES string of the molecule is Cc1ccc(C2=C(O)C(=O)N(Cc3ccc(F)cc3)C2c2ccc(C)cc2)cc1. The molecular formula is C25H22FNO2. The Bertz CT molecular complexity index is 1070. The number of carbonyl (C=O) groups is 1. The van der Waals surface area contributed by atoms with E-state index in [2.05, 4.69) is 0 Å². The van der Waals surface area contributed by atoms with Gasteiger partial charge in [0.25, 0.3) is 5.91 Å². The van der Waals surface area contributed by atoms with E-state index in [9.17, 15) is 14.3 Å². The minimum atomic E-state index is -0.421. The van der Waals surface area contributed by atoms with Gasteiger partial charge in [0.05, 0.1) is 6.04 Å². The highest BCUT2D eigenvalue weighted by atomic mass is 19.1. The van der Waals surface area contributed by atoms with Crippen LogP contribution in [0.5, 0.6) is 0 Å². The molecular weight excluding hydrogens is 365 g/mol. The summed E-state index contributed by atoms with van der Waals surface area (Å²) in [6, 6.07) is 21.4. The lowest BCUT2D eigenvalue weighted by atomic mass is 9.92. The molecule has 1 unspecified atom stereocenters. The van der Waals surface area contributed by atoms with Crippen LogP contribution in [0.4, 0.5) is 4.39 Å². The second-order valence-electron chi connectivity index (χ2n) is 7.50. The Labute approximate surface area is 169 Å². The molecule has 1 aliphatic heterocycles. The quantitative estimate of drug-likeness (QED) is 0.643.